The fourth-order valence-corrected chi connectivity index (χ4v) is 4.48. The number of halogens is 2. The third kappa shape index (κ3) is 4.37. The number of hydrogen-bond acceptors (Lipinski definition) is 3. The van der Waals surface area contributed by atoms with E-state index in [4.69, 9.17) is 27.9 Å². The van der Waals surface area contributed by atoms with Gasteiger partial charge in [-0.15, -0.1) is 0 Å². The molecule has 1 fully saturated rings. The fourth-order valence-electron chi connectivity index (χ4n) is 3.99. The van der Waals surface area contributed by atoms with Gasteiger partial charge in [0, 0.05) is 17.1 Å². The molecule has 0 aliphatic carbocycles. The van der Waals surface area contributed by atoms with Gasteiger partial charge in [-0.2, -0.15) is 0 Å². The van der Waals surface area contributed by atoms with Gasteiger partial charge in [0.2, 0.25) is 5.91 Å². The molecule has 2 aromatic carbocycles. The van der Waals surface area contributed by atoms with Crippen molar-refractivity contribution in [2.45, 2.75) is 18.8 Å². The minimum Gasteiger partial charge on any atom is -0.497 e. The number of amides is 1. The van der Waals surface area contributed by atoms with Crippen molar-refractivity contribution < 1.29 is 9.53 Å². The highest BCUT2D eigenvalue weighted by molar-refractivity contribution is 6.39. The fraction of sp³-hybridized carbons (Fsp3) is 0.318. The Kier molecular flexibility index (Phi) is 5.99. The van der Waals surface area contributed by atoms with Gasteiger partial charge < -0.3 is 15.0 Å². The van der Waals surface area contributed by atoms with Crippen LogP contribution in [0.15, 0.2) is 42.6 Å². The van der Waals surface area contributed by atoms with Crippen LogP contribution in [-0.2, 0) is 4.79 Å². The topological polar surface area (TPSA) is 57.4 Å². The lowest BCUT2D eigenvalue weighted by Gasteiger charge is -2.31. The lowest BCUT2D eigenvalue weighted by atomic mass is 9.89. The molecule has 0 bridgehead atoms. The molecule has 0 radical (unpaired) electrons. The van der Waals surface area contributed by atoms with Crippen LogP contribution in [0.2, 0.25) is 10.0 Å². The van der Waals surface area contributed by atoms with Crippen molar-refractivity contribution in [1.29, 1.82) is 0 Å². The molecule has 7 heteroatoms. The van der Waals surface area contributed by atoms with E-state index in [1.807, 2.05) is 6.07 Å². The number of anilines is 1. The van der Waals surface area contributed by atoms with Crippen LogP contribution < -0.4 is 10.1 Å². The second-order valence-electron chi connectivity index (χ2n) is 7.35. The maximum absolute atomic E-state index is 12.5. The van der Waals surface area contributed by atoms with Gasteiger partial charge in [-0.1, -0.05) is 29.3 Å². The van der Waals surface area contributed by atoms with E-state index in [0.717, 1.165) is 37.2 Å². The number of rotatable bonds is 5. The molecule has 4 rings (SSSR count). The van der Waals surface area contributed by atoms with E-state index in [0.29, 0.717) is 28.2 Å². The van der Waals surface area contributed by atoms with Crippen LogP contribution in [0.3, 0.4) is 0 Å². The number of carbonyl (C=O) groups excluding carboxylic acids is 1. The summed E-state index contributed by atoms with van der Waals surface area (Å²) in [6, 6.07) is 11.3. The molecule has 1 amide bonds. The second kappa shape index (κ2) is 8.66. The number of H-pyrrole nitrogens is 1. The first-order chi connectivity index (χ1) is 14.0. The van der Waals surface area contributed by atoms with Crippen LogP contribution in [0.25, 0.3) is 10.9 Å². The van der Waals surface area contributed by atoms with Gasteiger partial charge in [-0.05, 0) is 67.7 Å². The zero-order valence-electron chi connectivity index (χ0n) is 16.2. The molecule has 29 heavy (non-hydrogen) atoms. The number of methoxy groups -OCH3 is 1. The van der Waals surface area contributed by atoms with Gasteiger partial charge in [-0.25, -0.2) is 0 Å². The van der Waals surface area contributed by atoms with Crippen molar-refractivity contribution in [1.82, 2.24) is 9.88 Å². The molecular weight excluding hydrogens is 409 g/mol. The highest BCUT2D eigenvalue weighted by Crippen LogP contribution is 2.35. The number of fused-ring (bicyclic) bond motifs is 1. The number of nitrogens with one attached hydrogen (secondary N) is 2. The van der Waals surface area contributed by atoms with E-state index in [2.05, 4.69) is 33.5 Å². The van der Waals surface area contributed by atoms with Crippen molar-refractivity contribution in [3.05, 3.63) is 58.2 Å². The van der Waals surface area contributed by atoms with Gasteiger partial charge in [0.15, 0.2) is 0 Å². The van der Waals surface area contributed by atoms with Crippen LogP contribution in [-0.4, -0.2) is 42.5 Å². The summed E-state index contributed by atoms with van der Waals surface area (Å²) in [6.45, 7) is 2.06. The molecule has 1 aliphatic rings. The van der Waals surface area contributed by atoms with Gasteiger partial charge in [-0.3, -0.25) is 9.69 Å². The first-order valence-electron chi connectivity index (χ1n) is 9.66. The number of piperidine rings is 1. The van der Waals surface area contributed by atoms with E-state index in [9.17, 15) is 4.79 Å². The Bertz CT molecular complexity index is 1010. The average Bonchev–Trinajstić information content (AvgIpc) is 3.14. The molecule has 3 aromatic rings. The molecule has 5 nitrogen and oxygen atoms in total. The number of carbonyl (C=O) groups is 1. The molecule has 152 valence electrons. The largest absolute Gasteiger partial charge is 0.497 e. The molecule has 0 unspecified atom stereocenters. The SMILES string of the molecule is COc1ccc2[nH]cc(C3CCN(CC(=O)Nc4c(Cl)cccc4Cl)CC3)c2c1. The number of hydrogen-bond donors (Lipinski definition) is 2. The zero-order valence-corrected chi connectivity index (χ0v) is 17.7. The van der Waals surface area contributed by atoms with E-state index < -0.39 is 0 Å². The second-order valence-corrected chi connectivity index (χ2v) is 8.17. The number of ether oxygens (including phenoxy) is 1. The standard InChI is InChI=1S/C22H23Cl2N3O2/c1-29-15-5-6-20-16(11-15)17(12-25-20)14-7-9-27(10-8-14)13-21(28)26-22-18(23)3-2-4-19(22)24/h2-6,11-12,14,25H,7-10,13H2,1H3,(H,26,28). The lowest BCUT2D eigenvalue weighted by molar-refractivity contribution is -0.117. The Morgan fingerprint density at radius 2 is 1.93 bits per heavy atom. The van der Waals surface area contributed by atoms with Crippen molar-refractivity contribution in [3.8, 4) is 5.75 Å². The summed E-state index contributed by atoms with van der Waals surface area (Å²) >= 11 is 12.3. The predicted molar refractivity (Wildman–Crippen MR) is 118 cm³/mol. The Balaban J connectivity index is 1.37. The van der Waals surface area contributed by atoms with Gasteiger partial charge in [0.25, 0.3) is 0 Å². The first-order valence-corrected chi connectivity index (χ1v) is 10.4. The quantitative estimate of drug-likeness (QED) is 0.575. The van der Waals surface area contributed by atoms with Crippen LogP contribution in [0, 0.1) is 0 Å². The molecule has 1 saturated heterocycles. The smallest absolute Gasteiger partial charge is 0.238 e. The molecule has 0 atom stereocenters. The van der Waals surface area contributed by atoms with E-state index >= 15 is 0 Å². The Morgan fingerprint density at radius 1 is 1.21 bits per heavy atom. The predicted octanol–water partition coefficient (Wildman–Crippen LogP) is 5.30. The summed E-state index contributed by atoms with van der Waals surface area (Å²) in [5.74, 6) is 1.23. The monoisotopic (exact) mass is 431 g/mol. The van der Waals surface area contributed by atoms with E-state index in [-0.39, 0.29) is 5.91 Å². The Labute approximate surface area is 179 Å². The number of para-hydroxylation sites is 1. The molecule has 0 saturated carbocycles. The Morgan fingerprint density at radius 3 is 2.62 bits per heavy atom. The molecular formula is C22H23Cl2N3O2. The summed E-state index contributed by atoms with van der Waals surface area (Å²) in [5.41, 5.74) is 2.92. The maximum Gasteiger partial charge on any atom is 0.238 e. The number of aromatic nitrogens is 1. The molecule has 2 N–H and O–H groups in total. The summed E-state index contributed by atoms with van der Waals surface area (Å²) in [6.07, 6.45) is 4.12. The molecule has 1 aromatic heterocycles. The molecule has 2 heterocycles. The first kappa shape index (κ1) is 20.1. The minimum absolute atomic E-state index is 0.102. The van der Waals surface area contributed by atoms with E-state index in [1.165, 1.54) is 10.9 Å². The van der Waals surface area contributed by atoms with Crippen molar-refractivity contribution in [3.63, 3.8) is 0 Å². The van der Waals surface area contributed by atoms with Crippen molar-refractivity contribution in [2.24, 2.45) is 0 Å². The highest BCUT2D eigenvalue weighted by atomic mass is 35.5. The van der Waals surface area contributed by atoms with Gasteiger partial charge in [0.05, 0.1) is 29.4 Å². The number of benzene rings is 2. The van der Waals surface area contributed by atoms with Crippen LogP contribution in [0.1, 0.15) is 24.3 Å². The van der Waals surface area contributed by atoms with Gasteiger partial charge >= 0.3 is 0 Å². The van der Waals surface area contributed by atoms with Crippen molar-refractivity contribution in [2.75, 3.05) is 32.1 Å². The third-order valence-corrected chi connectivity index (χ3v) is 6.17. The number of nitrogens with zero attached hydrogens (tertiary/aromatic N) is 1. The third-order valence-electron chi connectivity index (χ3n) is 5.54. The van der Waals surface area contributed by atoms with Crippen LogP contribution in [0.5, 0.6) is 5.75 Å². The van der Waals surface area contributed by atoms with E-state index in [1.54, 1.807) is 25.3 Å². The Hall–Kier alpha value is -2.21. The summed E-state index contributed by atoms with van der Waals surface area (Å²) in [5, 5.41) is 4.94. The summed E-state index contributed by atoms with van der Waals surface area (Å²) < 4.78 is 5.38. The highest BCUT2D eigenvalue weighted by Gasteiger charge is 2.24. The minimum atomic E-state index is -0.102. The number of aromatic amines is 1. The van der Waals surface area contributed by atoms with Crippen LogP contribution >= 0.6 is 23.2 Å². The summed E-state index contributed by atoms with van der Waals surface area (Å²) in [4.78, 5) is 18.0. The summed E-state index contributed by atoms with van der Waals surface area (Å²) in [7, 11) is 1.69. The van der Waals surface area contributed by atoms with Gasteiger partial charge in [0.1, 0.15) is 5.75 Å². The maximum atomic E-state index is 12.5. The number of likely N-dealkylation sites (tertiary alicyclic amines) is 1. The van der Waals surface area contributed by atoms with Crippen LogP contribution in [0.4, 0.5) is 5.69 Å². The molecule has 1 aliphatic heterocycles. The zero-order chi connectivity index (χ0) is 20.4. The average molecular weight is 432 g/mol. The lowest BCUT2D eigenvalue weighted by Crippen LogP contribution is -2.38. The molecule has 0 spiro atoms. The van der Waals surface area contributed by atoms with Crippen molar-refractivity contribution >= 4 is 45.7 Å². The normalized spacial score (nSPS) is 15.6.